The topological polar surface area (TPSA) is 145 Å². The molecule has 8 heteroatoms. The summed E-state index contributed by atoms with van der Waals surface area (Å²) in [7, 11) is 0. The van der Waals surface area contributed by atoms with E-state index in [0.29, 0.717) is 0 Å². The van der Waals surface area contributed by atoms with Crippen molar-refractivity contribution in [2.24, 2.45) is 16.9 Å². The minimum Gasteiger partial charge on any atom is -0.449 e. The molecule has 0 saturated heterocycles. The molecule has 0 aromatic heterocycles. The number of carbonyl (C=O) groups excluding carboxylic acids is 2. The van der Waals surface area contributed by atoms with Crippen LogP contribution in [0.5, 0.6) is 0 Å². The van der Waals surface area contributed by atoms with E-state index in [4.69, 9.17) is 21.7 Å². The second-order valence-electron chi connectivity index (χ2n) is 3.03. The summed E-state index contributed by atoms with van der Waals surface area (Å²) in [6, 6.07) is 0. The summed E-state index contributed by atoms with van der Waals surface area (Å²) < 4.78 is 8.82. The molecule has 0 aromatic rings. The fourth-order valence-electron chi connectivity index (χ4n) is 0.723. The van der Waals surface area contributed by atoms with Crippen LogP contribution in [0.2, 0.25) is 0 Å². The molecular formula is C7H14N2O6. The van der Waals surface area contributed by atoms with Crippen LogP contribution < -0.4 is 11.5 Å². The Labute approximate surface area is 85.7 Å². The highest BCUT2D eigenvalue weighted by Gasteiger charge is 2.32. The Balaban J connectivity index is 4.29. The zero-order valence-corrected chi connectivity index (χ0v) is 8.01. The molecule has 88 valence electrons. The van der Waals surface area contributed by atoms with Gasteiger partial charge in [0.25, 0.3) is 0 Å². The van der Waals surface area contributed by atoms with Crippen molar-refractivity contribution < 1.29 is 29.3 Å². The van der Waals surface area contributed by atoms with Crippen LogP contribution in [-0.2, 0) is 9.47 Å². The van der Waals surface area contributed by atoms with Gasteiger partial charge in [-0.05, 0) is 0 Å². The van der Waals surface area contributed by atoms with Crippen LogP contribution >= 0.6 is 0 Å². The van der Waals surface area contributed by atoms with Gasteiger partial charge in [-0.25, -0.2) is 9.59 Å². The Bertz CT molecular complexity index is 208. The number of hydrogen-bond acceptors (Lipinski definition) is 6. The molecule has 6 N–H and O–H groups in total. The zero-order chi connectivity index (χ0) is 11.9. The third-order valence-corrected chi connectivity index (χ3v) is 1.71. The molecule has 0 radical (unpaired) electrons. The van der Waals surface area contributed by atoms with E-state index < -0.39 is 30.8 Å². The van der Waals surface area contributed by atoms with Crippen LogP contribution in [0.25, 0.3) is 0 Å². The van der Waals surface area contributed by atoms with E-state index in [1.807, 2.05) is 0 Å². The van der Waals surface area contributed by atoms with E-state index in [0.717, 1.165) is 0 Å². The van der Waals surface area contributed by atoms with Crippen molar-refractivity contribution in [3.05, 3.63) is 0 Å². The highest BCUT2D eigenvalue weighted by atomic mass is 16.6. The Morgan fingerprint density at radius 2 is 1.33 bits per heavy atom. The quantitative estimate of drug-likeness (QED) is 0.415. The maximum atomic E-state index is 10.3. The first-order valence-electron chi connectivity index (χ1n) is 4.02. The molecule has 0 rings (SSSR count). The normalized spacial score (nSPS) is 10.8. The molecule has 2 amide bonds. The summed E-state index contributed by atoms with van der Waals surface area (Å²) in [6.07, 6.45) is -2.11. The van der Waals surface area contributed by atoms with Gasteiger partial charge >= 0.3 is 12.2 Å². The summed E-state index contributed by atoms with van der Waals surface area (Å²) in [5.41, 5.74) is 8.13. The summed E-state index contributed by atoms with van der Waals surface area (Å²) in [4.78, 5) is 20.6. The van der Waals surface area contributed by atoms with Crippen LogP contribution in [0.15, 0.2) is 0 Å². The van der Waals surface area contributed by atoms with E-state index in [-0.39, 0.29) is 13.2 Å². The molecule has 0 atom stereocenters. The van der Waals surface area contributed by atoms with Gasteiger partial charge < -0.3 is 31.2 Å². The number of hydrogen-bond donors (Lipinski definition) is 4. The van der Waals surface area contributed by atoms with Crippen LogP contribution in [0.3, 0.4) is 0 Å². The minimum absolute atomic E-state index is 0.372. The molecule has 0 aromatic carbocycles. The van der Waals surface area contributed by atoms with Gasteiger partial charge in [0.05, 0.1) is 18.6 Å². The number of rotatable bonds is 6. The smallest absolute Gasteiger partial charge is 0.404 e. The third kappa shape index (κ3) is 5.03. The van der Waals surface area contributed by atoms with Gasteiger partial charge in [0, 0.05) is 0 Å². The molecule has 0 bridgehead atoms. The monoisotopic (exact) mass is 222 g/mol. The molecule has 0 aliphatic heterocycles. The highest BCUT2D eigenvalue weighted by Crippen LogP contribution is 2.16. The molecule has 0 saturated carbocycles. The average Bonchev–Trinajstić information content (AvgIpc) is 2.19. The lowest BCUT2D eigenvalue weighted by molar-refractivity contribution is -0.0391. The Morgan fingerprint density at radius 3 is 1.53 bits per heavy atom. The van der Waals surface area contributed by atoms with Gasteiger partial charge in [0.1, 0.15) is 13.2 Å². The van der Waals surface area contributed by atoms with Gasteiger partial charge in [-0.1, -0.05) is 0 Å². The first-order valence-corrected chi connectivity index (χ1v) is 4.02. The second kappa shape index (κ2) is 6.04. The van der Waals surface area contributed by atoms with Crippen LogP contribution in [0, 0.1) is 5.41 Å². The van der Waals surface area contributed by atoms with Crippen molar-refractivity contribution in [2.75, 3.05) is 26.4 Å². The molecule has 8 nitrogen and oxygen atoms in total. The summed E-state index contributed by atoms with van der Waals surface area (Å²) in [5.74, 6) is 0. The maximum absolute atomic E-state index is 10.3. The Morgan fingerprint density at radius 1 is 1.00 bits per heavy atom. The standard InChI is InChI=1S/C7H14N2O6/c8-5(12)14-3-7(1-10,2-11)4-15-6(9)13/h10-11H,1-4H2,(H2,8,12)(H2,9,13). The lowest BCUT2D eigenvalue weighted by atomic mass is 9.92. The van der Waals surface area contributed by atoms with Gasteiger partial charge in [-0.3, -0.25) is 0 Å². The maximum Gasteiger partial charge on any atom is 0.404 e. The van der Waals surface area contributed by atoms with Crippen LogP contribution in [0.4, 0.5) is 9.59 Å². The number of ether oxygens (including phenoxy) is 2. The predicted octanol–water partition coefficient (Wildman–Crippen LogP) is -1.85. The van der Waals surface area contributed by atoms with Crippen molar-refractivity contribution in [1.29, 1.82) is 0 Å². The molecule has 0 unspecified atom stereocenters. The van der Waals surface area contributed by atoms with Crippen LogP contribution in [-0.4, -0.2) is 48.8 Å². The average molecular weight is 222 g/mol. The van der Waals surface area contributed by atoms with E-state index in [1.165, 1.54) is 0 Å². The number of aliphatic hydroxyl groups is 2. The largest absolute Gasteiger partial charge is 0.449 e. The predicted molar refractivity (Wildman–Crippen MR) is 47.7 cm³/mol. The molecular weight excluding hydrogens is 208 g/mol. The Kier molecular flexibility index (Phi) is 5.42. The van der Waals surface area contributed by atoms with E-state index in [2.05, 4.69) is 9.47 Å². The third-order valence-electron chi connectivity index (χ3n) is 1.71. The van der Waals surface area contributed by atoms with Gasteiger partial charge in [0.2, 0.25) is 0 Å². The number of aliphatic hydroxyl groups excluding tert-OH is 2. The summed E-state index contributed by atoms with van der Waals surface area (Å²) in [6.45, 7) is -1.85. The molecule has 15 heavy (non-hydrogen) atoms. The lowest BCUT2D eigenvalue weighted by Crippen LogP contribution is -2.42. The second-order valence-corrected chi connectivity index (χ2v) is 3.03. The number of primary amides is 2. The molecule has 0 aliphatic rings. The number of carbonyl (C=O) groups is 2. The van der Waals surface area contributed by atoms with E-state index in [1.54, 1.807) is 0 Å². The minimum atomic E-state index is -1.29. The lowest BCUT2D eigenvalue weighted by Gasteiger charge is -2.27. The SMILES string of the molecule is NC(=O)OCC(CO)(CO)COC(N)=O. The van der Waals surface area contributed by atoms with Crippen molar-refractivity contribution in [1.82, 2.24) is 0 Å². The molecule has 0 aliphatic carbocycles. The molecule has 0 fully saturated rings. The number of amides is 2. The number of nitrogens with two attached hydrogens (primary N) is 2. The fourth-order valence-corrected chi connectivity index (χ4v) is 0.723. The van der Waals surface area contributed by atoms with Gasteiger partial charge in [-0.15, -0.1) is 0 Å². The van der Waals surface area contributed by atoms with Gasteiger partial charge in [0.15, 0.2) is 0 Å². The van der Waals surface area contributed by atoms with Crippen molar-refractivity contribution in [3.8, 4) is 0 Å². The van der Waals surface area contributed by atoms with Crippen LogP contribution in [0.1, 0.15) is 0 Å². The van der Waals surface area contributed by atoms with Crippen molar-refractivity contribution >= 4 is 12.2 Å². The summed E-state index contributed by atoms with van der Waals surface area (Å²) in [5, 5.41) is 18.0. The van der Waals surface area contributed by atoms with E-state index in [9.17, 15) is 9.59 Å². The fraction of sp³-hybridized carbons (Fsp3) is 0.714. The van der Waals surface area contributed by atoms with Crippen molar-refractivity contribution in [2.45, 2.75) is 0 Å². The zero-order valence-electron chi connectivity index (χ0n) is 8.01. The first kappa shape index (κ1) is 13.5. The Hall–Kier alpha value is -1.54. The summed E-state index contributed by atoms with van der Waals surface area (Å²) >= 11 is 0. The molecule has 0 heterocycles. The van der Waals surface area contributed by atoms with Crippen molar-refractivity contribution in [3.63, 3.8) is 0 Å². The van der Waals surface area contributed by atoms with E-state index >= 15 is 0 Å². The first-order chi connectivity index (χ1) is 6.95. The molecule has 0 spiro atoms. The highest BCUT2D eigenvalue weighted by molar-refractivity contribution is 5.65. The van der Waals surface area contributed by atoms with Gasteiger partial charge in [-0.2, -0.15) is 0 Å².